The van der Waals surface area contributed by atoms with E-state index in [4.69, 9.17) is 16.9 Å². The third-order valence-corrected chi connectivity index (χ3v) is 2.81. The molecule has 0 saturated heterocycles. The normalized spacial score (nSPS) is 9.94. The van der Waals surface area contributed by atoms with Crippen LogP contribution in [0.2, 0.25) is 5.02 Å². The highest BCUT2D eigenvalue weighted by Gasteiger charge is 2.03. The molecule has 86 valence electrons. The number of nitriles is 1. The standard InChI is InChI=1S/C12H11ClN4/c1-8-10(7-16-17-8)6-15-12-3-2-9(5-14)4-11(12)13/h2-4,7,15H,6H2,1H3,(H,16,17). The molecule has 0 spiro atoms. The zero-order valence-electron chi connectivity index (χ0n) is 9.29. The summed E-state index contributed by atoms with van der Waals surface area (Å²) in [6.07, 6.45) is 1.78. The maximum Gasteiger partial charge on any atom is 0.0992 e. The van der Waals surface area contributed by atoms with Crippen LogP contribution in [0.5, 0.6) is 0 Å². The van der Waals surface area contributed by atoms with Crippen LogP contribution >= 0.6 is 11.6 Å². The van der Waals surface area contributed by atoms with Gasteiger partial charge in [0.05, 0.1) is 28.5 Å². The summed E-state index contributed by atoms with van der Waals surface area (Å²) in [4.78, 5) is 0. The molecule has 0 radical (unpaired) electrons. The fraction of sp³-hybridized carbons (Fsp3) is 0.167. The monoisotopic (exact) mass is 246 g/mol. The van der Waals surface area contributed by atoms with Gasteiger partial charge in [-0.2, -0.15) is 10.4 Å². The number of rotatable bonds is 3. The molecule has 2 N–H and O–H groups in total. The number of benzene rings is 1. The average molecular weight is 247 g/mol. The first-order valence-corrected chi connectivity index (χ1v) is 5.51. The maximum absolute atomic E-state index is 8.73. The van der Waals surface area contributed by atoms with Gasteiger partial charge < -0.3 is 5.32 Å². The van der Waals surface area contributed by atoms with Gasteiger partial charge in [-0.15, -0.1) is 0 Å². The number of aromatic amines is 1. The van der Waals surface area contributed by atoms with Crippen molar-refractivity contribution in [2.45, 2.75) is 13.5 Å². The van der Waals surface area contributed by atoms with Crippen LogP contribution in [0.1, 0.15) is 16.8 Å². The summed E-state index contributed by atoms with van der Waals surface area (Å²) in [5.74, 6) is 0. The molecule has 0 saturated carbocycles. The van der Waals surface area contributed by atoms with E-state index in [2.05, 4.69) is 15.5 Å². The lowest BCUT2D eigenvalue weighted by Gasteiger charge is -2.07. The van der Waals surface area contributed by atoms with Crippen molar-refractivity contribution < 1.29 is 0 Å². The molecule has 1 aromatic heterocycles. The molecule has 0 unspecified atom stereocenters. The first kappa shape index (κ1) is 11.5. The molecule has 0 aliphatic rings. The van der Waals surface area contributed by atoms with Gasteiger partial charge in [0.15, 0.2) is 0 Å². The molecule has 0 amide bonds. The van der Waals surface area contributed by atoms with Gasteiger partial charge in [-0.3, -0.25) is 5.10 Å². The summed E-state index contributed by atoms with van der Waals surface area (Å²) < 4.78 is 0. The second-order valence-corrected chi connectivity index (χ2v) is 4.09. The van der Waals surface area contributed by atoms with Gasteiger partial charge >= 0.3 is 0 Å². The minimum Gasteiger partial charge on any atom is -0.380 e. The van der Waals surface area contributed by atoms with Gasteiger partial charge in [0.1, 0.15) is 0 Å². The summed E-state index contributed by atoms with van der Waals surface area (Å²) in [5, 5.41) is 19.3. The molecule has 2 rings (SSSR count). The molecule has 17 heavy (non-hydrogen) atoms. The van der Waals surface area contributed by atoms with Crippen LogP contribution in [-0.2, 0) is 6.54 Å². The summed E-state index contributed by atoms with van der Waals surface area (Å²) in [5.41, 5.74) is 3.49. The van der Waals surface area contributed by atoms with Crippen molar-refractivity contribution >= 4 is 17.3 Å². The highest BCUT2D eigenvalue weighted by atomic mass is 35.5. The number of H-pyrrole nitrogens is 1. The van der Waals surface area contributed by atoms with Crippen molar-refractivity contribution in [3.63, 3.8) is 0 Å². The Morgan fingerprint density at radius 2 is 2.35 bits per heavy atom. The Hall–Kier alpha value is -1.99. The van der Waals surface area contributed by atoms with Crippen LogP contribution in [0, 0.1) is 18.3 Å². The van der Waals surface area contributed by atoms with Gasteiger partial charge in [0.2, 0.25) is 0 Å². The third kappa shape index (κ3) is 2.58. The van der Waals surface area contributed by atoms with Gasteiger partial charge in [-0.05, 0) is 25.1 Å². The minimum absolute atomic E-state index is 0.546. The Morgan fingerprint density at radius 3 is 2.94 bits per heavy atom. The van der Waals surface area contributed by atoms with E-state index in [-0.39, 0.29) is 0 Å². The number of anilines is 1. The predicted octanol–water partition coefficient (Wildman–Crippen LogP) is 2.86. The Labute approximate surface area is 104 Å². The third-order valence-electron chi connectivity index (χ3n) is 2.50. The molecule has 4 nitrogen and oxygen atoms in total. The second-order valence-electron chi connectivity index (χ2n) is 3.68. The van der Waals surface area contributed by atoms with Gasteiger partial charge in [0, 0.05) is 17.8 Å². The number of halogens is 1. The van der Waals surface area contributed by atoms with Gasteiger partial charge in [-0.25, -0.2) is 0 Å². The zero-order valence-corrected chi connectivity index (χ0v) is 10.0. The summed E-state index contributed by atoms with van der Waals surface area (Å²) in [6.45, 7) is 2.61. The molecule has 0 fully saturated rings. The van der Waals surface area contributed by atoms with Gasteiger partial charge in [0.25, 0.3) is 0 Å². The quantitative estimate of drug-likeness (QED) is 0.875. The maximum atomic E-state index is 8.73. The van der Waals surface area contributed by atoms with E-state index >= 15 is 0 Å². The van der Waals surface area contributed by atoms with Crippen molar-refractivity contribution in [3.05, 3.63) is 46.2 Å². The first-order valence-electron chi connectivity index (χ1n) is 5.13. The molecule has 1 aromatic carbocycles. The lowest BCUT2D eigenvalue weighted by molar-refractivity contribution is 1.04. The second kappa shape index (κ2) is 4.89. The minimum atomic E-state index is 0.546. The van der Waals surface area contributed by atoms with Crippen molar-refractivity contribution in [2.24, 2.45) is 0 Å². The Morgan fingerprint density at radius 1 is 1.53 bits per heavy atom. The Bertz CT molecular complexity index is 568. The lowest BCUT2D eigenvalue weighted by atomic mass is 10.2. The van der Waals surface area contributed by atoms with Crippen LogP contribution < -0.4 is 5.32 Å². The van der Waals surface area contributed by atoms with E-state index in [1.807, 2.05) is 13.0 Å². The number of aryl methyl sites for hydroxylation is 1. The fourth-order valence-corrected chi connectivity index (χ4v) is 1.72. The van der Waals surface area contributed by atoms with Crippen LogP contribution in [0.3, 0.4) is 0 Å². The fourth-order valence-electron chi connectivity index (χ4n) is 1.47. The number of hydrogen-bond donors (Lipinski definition) is 2. The van der Waals surface area contributed by atoms with Crippen molar-refractivity contribution in [1.29, 1.82) is 5.26 Å². The topological polar surface area (TPSA) is 64.5 Å². The summed E-state index contributed by atoms with van der Waals surface area (Å²) >= 11 is 6.05. The molecule has 0 bridgehead atoms. The van der Waals surface area contributed by atoms with Crippen LogP contribution in [0.15, 0.2) is 24.4 Å². The number of nitrogens with zero attached hydrogens (tertiary/aromatic N) is 2. The van der Waals surface area contributed by atoms with E-state index in [0.717, 1.165) is 16.9 Å². The summed E-state index contributed by atoms with van der Waals surface area (Å²) in [7, 11) is 0. The molecular weight excluding hydrogens is 236 g/mol. The number of nitrogens with one attached hydrogen (secondary N) is 2. The number of aromatic nitrogens is 2. The zero-order chi connectivity index (χ0) is 12.3. The molecule has 0 atom stereocenters. The first-order chi connectivity index (χ1) is 8.20. The lowest BCUT2D eigenvalue weighted by Crippen LogP contribution is -2.00. The molecule has 0 aliphatic heterocycles. The van der Waals surface area contributed by atoms with Crippen molar-refractivity contribution in [1.82, 2.24) is 10.2 Å². The van der Waals surface area contributed by atoms with Crippen molar-refractivity contribution in [2.75, 3.05) is 5.32 Å². The van der Waals surface area contributed by atoms with Crippen molar-refractivity contribution in [3.8, 4) is 6.07 Å². The predicted molar refractivity (Wildman–Crippen MR) is 66.8 cm³/mol. The largest absolute Gasteiger partial charge is 0.380 e. The molecule has 1 heterocycles. The van der Waals surface area contributed by atoms with E-state index in [9.17, 15) is 0 Å². The summed E-state index contributed by atoms with van der Waals surface area (Å²) in [6, 6.07) is 7.23. The van der Waals surface area contributed by atoms with E-state index in [0.29, 0.717) is 17.1 Å². The Kier molecular flexibility index (Phi) is 3.31. The van der Waals surface area contributed by atoms with Crippen LogP contribution in [0.4, 0.5) is 5.69 Å². The number of hydrogen-bond acceptors (Lipinski definition) is 3. The van der Waals surface area contributed by atoms with Crippen LogP contribution in [0.25, 0.3) is 0 Å². The Balaban J connectivity index is 2.10. The molecule has 5 heteroatoms. The highest BCUT2D eigenvalue weighted by molar-refractivity contribution is 6.33. The SMILES string of the molecule is Cc1[nH]ncc1CNc1ccc(C#N)cc1Cl. The molecule has 0 aliphatic carbocycles. The highest BCUT2D eigenvalue weighted by Crippen LogP contribution is 2.23. The molecular formula is C12H11ClN4. The smallest absolute Gasteiger partial charge is 0.0992 e. The van der Waals surface area contributed by atoms with E-state index < -0.39 is 0 Å². The van der Waals surface area contributed by atoms with Crippen LogP contribution in [-0.4, -0.2) is 10.2 Å². The van der Waals surface area contributed by atoms with E-state index in [1.54, 1.807) is 24.4 Å². The average Bonchev–Trinajstić information content (AvgIpc) is 2.73. The van der Waals surface area contributed by atoms with Gasteiger partial charge in [-0.1, -0.05) is 11.6 Å². The van der Waals surface area contributed by atoms with E-state index in [1.165, 1.54) is 0 Å². The molecule has 2 aromatic rings.